The number of carbonyl (C=O) groups is 1. The monoisotopic (exact) mass is 350 g/mol. The van der Waals surface area contributed by atoms with Crippen LogP contribution in [-0.4, -0.2) is 56.0 Å². The molecule has 1 fully saturated rings. The van der Waals surface area contributed by atoms with E-state index < -0.39 is 0 Å². The zero-order valence-electron chi connectivity index (χ0n) is 14.3. The third kappa shape index (κ3) is 4.36. The number of carbonyl (C=O) groups excluding carboxylic acids is 1. The van der Waals surface area contributed by atoms with Gasteiger partial charge in [0, 0.05) is 42.6 Å². The number of likely N-dealkylation sites (tertiary alicyclic amines) is 1. The standard InChI is InChI=1S/C18H26N2O3S/c1-19-13-14-4-2-8-20(14)18(21)7-11-24-15-5-6-16-17(12-15)23-10-3-9-22-16/h5-6,12,14,19H,2-4,7-11,13H2,1H3. The molecule has 1 saturated heterocycles. The summed E-state index contributed by atoms with van der Waals surface area (Å²) in [5, 5.41) is 3.19. The largest absolute Gasteiger partial charge is 0.490 e. The van der Waals surface area contributed by atoms with E-state index in [0.717, 1.165) is 54.5 Å². The molecule has 1 aromatic carbocycles. The molecule has 132 valence electrons. The van der Waals surface area contributed by atoms with Gasteiger partial charge in [0.1, 0.15) is 0 Å². The van der Waals surface area contributed by atoms with Crippen molar-refractivity contribution in [3.8, 4) is 11.5 Å². The second-order valence-corrected chi connectivity index (χ2v) is 7.37. The maximum absolute atomic E-state index is 12.4. The molecule has 1 atom stereocenters. The molecule has 0 bridgehead atoms. The van der Waals surface area contributed by atoms with Gasteiger partial charge in [-0.3, -0.25) is 4.79 Å². The van der Waals surface area contributed by atoms with E-state index in [1.807, 2.05) is 30.1 Å². The molecule has 2 aliphatic rings. The lowest BCUT2D eigenvalue weighted by Gasteiger charge is -2.24. The number of hydrogen-bond acceptors (Lipinski definition) is 5. The van der Waals surface area contributed by atoms with Crippen molar-refractivity contribution in [2.45, 2.75) is 36.6 Å². The summed E-state index contributed by atoms with van der Waals surface area (Å²) in [4.78, 5) is 15.6. The van der Waals surface area contributed by atoms with Crippen LogP contribution in [-0.2, 0) is 4.79 Å². The predicted molar refractivity (Wildman–Crippen MR) is 96.1 cm³/mol. The van der Waals surface area contributed by atoms with Gasteiger partial charge in [-0.05, 0) is 38.1 Å². The number of thioether (sulfide) groups is 1. The molecule has 2 aliphatic heterocycles. The molecule has 2 heterocycles. The van der Waals surface area contributed by atoms with Crippen LogP contribution in [0.5, 0.6) is 11.5 Å². The molecule has 3 rings (SSSR count). The number of hydrogen-bond donors (Lipinski definition) is 1. The predicted octanol–water partition coefficient (Wildman–Crippen LogP) is 2.54. The molecule has 0 aromatic heterocycles. The van der Waals surface area contributed by atoms with Gasteiger partial charge in [-0.2, -0.15) is 0 Å². The van der Waals surface area contributed by atoms with Crippen molar-refractivity contribution < 1.29 is 14.3 Å². The molecule has 1 N–H and O–H groups in total. The van der Waals surface area contributed by atoms with Gasteiger partial charge in [-0.25, -0.2) is 0 Å². The summed E-state index contributed by atoms with van der Waals surface area (Å²) in [6, 6.07) is 6.40. The first kappa shape index (κ1) is 17.4. The zero-order chi connectivity index (χ0) is 16.8. The molecule has 1 unspecified atom stereocenters. The molecule has 5 nitrogen and oxygen atoms in total. The third-order valence-corrected chi connectivity index (χ3v) is 5.44. The molecule has 0 radical (unpaired) electrons. The highest BCUT2D eigenvalue weighted by molar-refractivity contribution is 7.99. The van der Waals surface area contributed by atoms with E-state index in [0.29, 0.717) is 25.7 Å². The third-order valence-electron chi connectivity index (χ3n) is 4.44. The van der Waals surface area contributed by atoms with E-state index in [2.05, 4.69) is 5.32 Å². The second-order valence-electron chi connectivity index (χ2n) is 6.20. The lowest BCUT2D eigenvalue weighted by atomic mass is 10.2. The lowest BCUT2D eigenvalue weighted by Crippen LogP contribution is -2.40. The summed E-state index contributed by atoms with van der Waals surface area (Å²) in [5.41, 5.74) is 0. The van der Waals surface area contributed by atoms with Crippen LogP contribution in [0.2, 0.25) is 0 Å². The summed E-state index contributed by atoms with van der Waals surface area (Å²) in [7, 11) is 1.95. The molecule has 6 heteroatoms. The Morgan fingerprint density at radius 2 is 2.12 bits per heavy atom. The highest BCUT2D eigenvalue weighted by Crippen LogP contribution is 2.34. The maximum atomic E-state index is 12.4. The van der Waals surface area contributed by atoms with Crippen molar-refractivity contribution in [1.29, 1.82) is 0 Å². The summed E-state index contributed by atoms with van der Waals surface area (Å²) in [6.45, 7) is 3.19. The Morgan fingerprint density at radius 1 is 1.29 bits per heavy atom. The minimum Gasteiger partial charge on any atom is -0.490 e. The fourth-order valence-electron chi connectivity index (χ4n) is 3.25. The number of nitrogens with zero attached hydrogens (tertiary/aromatic N) is 1. The van der Waals surface area contributed by atoms with Crippen molar-refractivity contribution in [2.75, 3.05) is 39.1 Å². The van der Waals surface area contributed by atoms with Crippen LogP contribution < -0.4 is 14.8 Å². The van der Waals surface area contributed by atoms with Crippen LogP contribution in [0, 0.1) is 0 Å². The Hall–Kier alpha value is -1.40. The highest BCUT2D eigenvalue weighted by atomic mass is 32.2. The van der Waals surface area contributed by atoms with E-state index in [1.165, 1.54) is 0 Å². The van der Waals surface area contributed by atoms with Crippen molar-refractivity contribution in [3.05, 3.63) is 18.2 Å². The molecule has 24 heavy (non-hydrogen) atoms. The molecule has 0 aliphatic carbocycles. The SMILES string of the molecule is CNCC1CCCN1C(=O)CCSc1ccc2c(c1)OCCCO2. The van der Waals surface area contributed by atoms with Gasteiger partial charge < -0.3 is 19.7 Å². The Morgan fingerprint density at radius 3 is 2.96 bits per heavy atom. The van der Waals surface area contributed by atoms with Crippen LogP contribution in [0.1, 0.15) is 25.7 Å². The Kier molecular flexibility index (Phi) is 6.26. The first-order valence-corrected chi connectivity index (χ1v) is 9.73. The molecule has 0 spiro atoms. The Bertz CT molecular complexity index is 567. The quantitative estimate of drug-likeness (QED) is 0.799. The van der Waals surface area contributed by atoms with E-state index in [-0.39, 0.29) is 5.91 Å². The summed E-state index contributed by atoms with van der Waals surface area (Å²) < 4.78 is 11.4. The Labute approximate surface area is 148 Å². The van der Waals surface area contributed by atoms with Crippen molar-refractivity contribution >= 4 is 17.7 Å². The number of nitrogens with one attached hydrogen (secondary N) is 1. The van der Waals surface area contributed by atoms with Crippen molar-refractivity contribution in [1.82, 2.24) is 10.2 Å². The average molecular weight is 350 g/mol. The lowest BCUT2D eigenvalue weighted by molar-refractivity contribution is -0.131. The number of ether oxygens (including phenoxy) is 2. The number of likely N-dealkylation sites (N-methyl/N-ethyl adjacent to an activating group) is 1. The van der Waals surface area contributed by atoms with Crippen LogP contribution in [0.25, 0.3) is 0 Å². The van der Waals surface area contributed by atoms with E-state index in [1.54, 1.807) is 11.8 Å². The normalized spacial score (nSPS) is 20.0. The van der Waals surface area contributed by atoms with E-state index in [9.17, 15) is 4.79 Å². The fourth-order valence-corrected chi connectivity index (χ4v) is 4.11. The molecule has 1 amide bonds. The van der Waals surface area contributed by atoms with Crippen LogP contribution in [0.3, 0.4) is 0 Å². The van der Waals surface area contributed by atoms with E-state index >= 15 is 0 Å². The van der Waals surface area contributed by atoms with Gasteiger partial charge in [0.05, 0.1) is 13.2 Å². The van der Waals surface area contributed by atoms with Crippen LogP contribution in [0.15, 0.2) is 23.1 Å². The number of fused-ring (bicyclic) bond motifs is 1. The Balaban J connectivity index is 1.49. The van der Waals surface area contributed by atoms with Gasteiger partial charge >= 0.3 is 0 Å². The van der Waals surface area contributed by atoms with E-state index in [4.69, 9.17) is 9.47 Å². The topological polar surface area (TPSA) is 50.8 Å². The maximum Gasteiger partial charge on any atom is 0.223 e. The zero-order valence-corrected chi connectivity index (χ0v) is 15.1. The molecular weight excluding hydrogens is 324 g/mol. The first-order chi connectivity index (χ1) is 11.8. The second kappa shape index (κ2) is 8.62. The van der Waals surface area contributed by atoms with Crippen molar-refractivity contribution in [2.24, 2.45) is 0 Å². The highest BCUT2D eigenvalue weighted by Gasteiger charge is 2.27. The summed E-state index contributed by atoms with van der Waals surface area (Å²) in [5.74, 6) is 2.70. The van der Waals surface area contributed by atoms with Crippen molar-refractivity contribution in [3.63, 3.8) is 0 Å². The summed E-state index contributed by atoms with van der Waals surface area (Å²) in [6.07, 6.45) is 3.73. The number of amides is 1. The summed E-state index contributed by atoms with van der Waals surface area (Å²) >= 11 is 1.70. The van der Waals surface area contributed by atoms with Gasteiger partial charge in [0.2, 0.25) is 5.91 Å². The number of benzene rings is 1. The number of rotatable bonds is 6. The smallest absolute Gasteiger partial charge is 0.223 e. The molecular formula is C18H26N2O3S. The minimum atomic E-state index is 0.273. The van der Waals surface area contributed by atoms with Crippen LogP contribution in [0.4, 0.5) is 0 Å². The minimum absolute atomic E-state index is 0.273. The average Bonchev–Trinajstić information content (AvgIpc) is 2.92. The van der Waals surface area contributed by atoms with Gasteiger partial charge in [-0.15, -0.1) is 11.8 Å². The van der Waals surface area contributed by atoms with Gasteiger partial charge in [0.15, 0.2) is 11.5 Å². The van der Waals surface area contributed by atoms with Gasteiger partial charge in [-0.1, -0.05) is 0 Å². The van der Waals surface area contributed by atoms with Crippen LogP contribution >= 0.6 is 11.8 Å². The molecule has 0 saturated carbocycles. The molecule has 1 aromatic rings. The fraction of sp³-hybridized carbons (Fsp3) is 0.611. The van der Waals surface area contributed by atoms with Gasteiger partial charge in [0.25, 0.3) is 0 Å². The first-order valence-electron chi connectivity index (χ1n) is 8.74.